The van der Waals surface area contributed by atoms with Gasteiger partial charge in [-0.05, 0) is 60.0 Å². The van der Waals surface area contributed by atoms with Crippen LogP contribution in [0.1, 0.15) is 13.3 Å². The van der Waals surface area contributed by atoms with E-state index in [1.807, 2.05) is 54.6 Å². The minimum absolute atomic E-state index is 0.407. The molecule has 0 fully saturated rings. The summed E-state index contributed by atoms with van der Waals surface area (Å²) < 4.78 is 11.0. The van der Waals surface area contributed by atoms with Gasteiger partial charge in [0.05, 0.1) is 24.8 Å². The lowest BCUT2D eigenvalue weighted by Gasteiger charge is -2.12. The Hall–Kier alpha value is -3.67. The van der Waals surface area contributed by atoms with Crippen molar-refractivity contribution in [3.63, 3.8) is 0 Å². The molecule has 0 saturated carbocycles. The second kappa shape index (κ2) is 8.14. The lowest BCUT2D eigenvalue weighted by Crippen LogP contribution is -1.99. The summed E-state index contributed by atoms with van der Waals surface area (Å²) in [6.45, 7) is 2.78. The van der Waals surface area contributed by atoms with Crippen molar-refractivity contribution in [2.24, 2.45) is 0 Å². The first kappa shape index (κ1) is 18.7. The Morgan fingerprint density at radius 2 is 1.59 bits per heavy atom. The van der Waals surface area contributed by atoms with E-state index in [0.29, 0.717) is 18.1 Å². The number of hydrogen-bond donors (Lipinski definition) is 1. The van der Waals surface area contributed by atoms with E-state index >= 15 is 0 Å². The van der Waals surface area contributed by atoms with Crippen molar-refractivity contribution in [2.45, 2.75) is 13.3 Å². The number of methoxy groups -OCH3 is 1. The molecule has 6 heteroatoms. The highest BCUT2D eigenvalue weighted by Crippen LogP contribution is 2.34. The fourth-order valence-electron chi connectivity index (χ4n) is 3.18. The average molecular weight is 386 g/mol. The van der Waals surface area contributed by atoms with Crippen LogP contribution in [0.4, 0.5) is 5.82 Å². The van der Waals surface area contributed by atoms with Gasteiger partial charge in [0.25, 0.3) is 0 Å². The summed E-state index contributed by atoms with van der Waals surface area (Å²) in [7, 11) is 1.65. The summed E-state index contributed by atoms with van der Waals surface area (Å²) in [5.74, 6) is 2.04. The van der Waals surface area contributed by atoms with Gasteiger partial charge in [0.1, 0.15) is 23.6 Å². The van der Waals surface area contributed by atoms with Crippen LogP contribution in [-0.2, 0) is 0 Å². The standard InChI is InChI=1S/C23H22N4O2/c1-3-12-29-18-10-4-15(5-11-18)19-13-20(16-6-8-17(28-2)9-7-16)27-23-21(19)22(24)25-14-26-23/h4-11,13-14H,3,12H2,1-2H3,(H2,24,25,26,27). The number of nitrogens with zero attached hydrogens (tertiary/aromatic N) is 3. The summed E-state index contributed by atoms with van der Waals surface area (Å²) in [5.41, 5.74) is 10.4. The van der Waals surface area contributed by atoms with E-state index in [2.05, 4.69) is 16.9 Å². The molecule has 0 bridgehead atoms. The zero-order valence-corrected chi connectivity index (χ0v) is 16.4. The molecule has 146 valence electrons. The van der Waals surface area contributed by atoms with Gasteiger partial charge in [-0.25, -0.2) is 15.0 Å². The molecule has 2 aromatic heterocycles. The maximum Gasteiger partial charge on any atom is 0.165 e. The van der Waals surface area contributed by atoms with Crippen LogP contribution < -0.4 is 15.2 Å². The molecule has 2 heterocycles. The van der Waals surface area contributed by atoms with E-state index in [1.54, 1.807) is 7.11 Å². The number of anilines is 1. The number of nitrogens with two attached hydrogens (primary N) is 1. The molecule has 0 aliphatic carbocycles. The maximum absolute atomic E-state index is 6.18. The highest BCUT2D eigenvalue weighted by atomic mass is 16.5. The minimum atomic E-state index is 0.407. The third-order valence-electron chi connectivity index (χ3n) is 4.66. The van der Waals surface area contributed by atoms with E-state index in [1.165, 1.54) is 6.33 Å². The smallest absolute Gasteiger partial charge is 0.165 e. The quantitative estimate of drug-likeness (QED) is 0.515. The number of pyridine rings is 1. The molecule has 4 rings (SSSR count). The minimum Gasteiger partial charge on any atom is -0.497 e. The summed E-state index contributed by atoms with van der Waals surface area (Å²) in [5, 5.41) is 0.743. The number of ether oxygens (including phenoxy) is 2. The lowest BCUT2D eigenvalue weighted by molar-refractivity contribution is 0.317. The van der Waals surface area contributed by atoms with Gasteiger partial charge < -0.3 is 15.2 Å². The number of aromatic nitrogens is 3. The van der Waals surface area contributed by atoms with Gasteiger partial charge in [0.2, 0.25) is 0 Å². The van der Waals surface area contributed by atoms with Crippen molar-refractivity contribution in [3.05, 3.63) is 60.9 Å². The van der Waals surface area contributed by atoms with Crippen LogP contribution in [0.15, 0.2) is 60.9 Å². The van der Waals surface area contributed by atoms with Gasteiger partial charge in [0, 0.05) is 5.56 Å². The summed E-state index contributed by atoms with van der Waals surface area (Å²) in [6.07, 6.45) is 2.41. The lowest BCUT2D eigenvalue weighted by atomic mass is 9.99. The van der Waals surface area contributed by atoms with Crippen molar-refractivity contribution < 1.29 is 9.47 Å². The monoisotopic (exact) mass is 386 g/mol. The van der Waals surface area contributed by atoms with Crippen molar-refractivity contribution in [3.8, 4) is 33.9 Å². The largest absolute Gasteiger partial charge is 0.497 e. The van der Waals surface area contributed by atoms with Crippen LogP contribution in [-0.4, -0.2) is 28.7 Å². The fourth-order valence-corrected chi connectivity index (χ4v) is 3.18. The SMILES string of the molecule is CCCOc1ccc(-c2cc(-c3ccc(OC)cc3)nc3ncnc(N)c23)cc1. The van der Waals surface area contributed by atoms with Crippen molar-refractivity contribution in [1.82, 2.24) is 15.0 Å². The first-order chi connectivity index (χ1) is 14.2. The second-order valence-electron chi connectivity index (χ2n) is 6.61. The molecule has 0 amide bonds. The van der Waals surface area contributed by atoms with E-state index in [4.69, 9.17) is 20.2 Å². The Balaban J connectivity index is 1.84. The van der Waals surface area contributed by atoms with Gasteiger partial charge in [-0.15, -0.1) is 0 Å². The summed E-state index contributed by atoms with van der Waals surface area (Å²) in [6, 6.07) is 17.8. The molecule has 0 unspecified atom stereocenters. The van der Waals surface area contributed by atoms with Crippen molar-refractivity contribution >= 4 is 16.9 Å². The molecule has 0 aliphatic rings. The predicted octanol–water partition coefficient (Wildman–Crippen LogP) is 4.74. The summed E-state index contributed by atoms with van der Waals surface area (Å²) >= 11 is 0. The average Bonchev–Trinajstić information content (AvgIpc) is 2.77. The van der Waals surface area contributed by atoms with Crippen molar-refractivity contribution in [2.75, 3.05) is 19.5 Å². The Labute approximate surface area is 169 Å². The molecule has 0 radical (unpaired) electrons. The number of hydrogen-bond acceptors (Lipinski definition) is 6. The molecule has 2 N–H and O–H groups in total. The topological polar surface area (TPSA) is 83.2 Å². The molecule has 4 aromatic rings. The Morgan fingerprint density at radius 3 is 2.28 bits per heavy atom. The highest BCUT2D eigenvalue weighted by molar-refractivity contribution is 6.00. The van der Waals surface area contributed by atoms with Gasteiger partial charge in [-0.3, -0.25) is 0 Å². The van der Waals surface area contributed by atoms with E-state index < -0.39 is 0 Å². The van der Waals surface area contributed by atoms with E-state index in [0.717, 1.165) is 45.7 Å². The molecule has 0 spiro atoms. The Kier molecular flexibility index (Phi) is 5.24. The van der Waals surface area contributed by atoms with Crippen LogP contribution >= 0.6 is 0 Å². The predicted molar refractivity (Wildman–Crippen MR) is 115 cm³/mol. The van der Waals surface area contributed by atoms with Crippen LogP contribution in [0.25, 0.3) is 33.4 Å². The molecule has 29 heavy (non-hydrogen) atoms. The van der Waals surface area contributed by atoms with Gasteiger partial charge >= 0.3 is 0 Å². The van der Waals surface area contributed by atoms with Crippen molar-refractivity contribution in [1.29, 1.82) is 0 Å². The van der Waals surface area contributed by atoms with E-state index in [-0.39, 0.29) is 0 Å². The molecule has 6 nitrogen and oxygen atoms in total. The zero-order chi connectivity index (χ0) is 20.2. The molecule has 2 aromatic carbocycles. The van der Waals surface area contributed by atoms with Crippen LogP contribution in [0, 0.1) is 0 Å². The van der Waals surface area contributed by atoms with E-state index in [9.17, 15) is 0 Å². The first-order valence-electron chi connectivity index (χ1n) is 9.48. The normalized spacial score (nSPS) is 10.8. The number of nitrogen functional groups attached to an aromatic ring is 1. The van der Waals surface area contributed by atoms with Crippen LogP contribution in [0.3, 0.4) is 0 Å². The molecule has 0 aliphatic heterocycles. The van der Waals surface area contributed by atoms with Crippen LogP contribution in [0.5, 0.6) is 11.5 Å². The first-order valence-corrected chi connectivity index (χ1v) is 9.48. The van der Waals surface area contributed by atoms with Gasteiger partial charge in [0.15, 0.2) is 5.65 Å². The summed E-state index contributed by atoms with van der Waals surface area (Å²) in [4.78, 5) is 13.2. The molecule has 0 atom stereocenters. The fraction of sp³-hybridized carbons (Fsp3) is 0.174. The Morgan fingerprint density at radius 1 is 0.897 bits per heavy atom. The third kappa shape index (κ3) is 3.82. The molecular formula is C23H22N4O2. The van der Waals surface area contributed by atoms with Gasteiger partial charge in [-0.1, -0.05) is 19.1 Å². The van der Waals surface area contributed by atoms with Gasteiger partial charge in [-0.2, -0.15) is 0 Å². The van der Waals surface area contributed by atoms with Crippen LogP contribution in [0.2, 0.25) is 0 Å². The number of benzene rings is 2. The molecule has 0 saturated heterocycles. The zero-order valence-electron chi connectivity index (χ0n) is 16.4. The number of rotatable bonds is 6. The third-order valence-corrected chi connectivity index (χ3v) is 4.66. The molecular weight excluding hydrogens is 364 g/mol. The Bertz CT molecular complexity index is 1130. The maximum atomic E-state index is 6.18. The second-order valence-corrected chi connectivity index (χ2v) is 6.61. The number of fused-ring (bicyclic) bond motifs is 1. The highest BCUT2D eigenvalue weighted by Gasteiger charge is 2.14.